The molecule has 0 spiro atoms. The molecule has 1 amide bonds. The van der Waals surface area contributed by atoms with Gasteiger partial charge in [-0.3, -0.25) is 13.9 Å². The number of amides is 1. The number of nitrogens with zero attached hydrogens (tertiary/aromatic N) is 3. The minimum absolute atomic E-state index is 0.0414. The van der Waals surface area contributed by atoms with E-state index in [-0.39, 0.29) is 18.1 Å². The van der Waals surface area contributed by atoms with Gasteiger partial charge >= 0.3 is 5.69 Å². The van der Waals surface area contributed by atoms with Crippen LogP contribution in [0, 0.1) is 6.92 Å². The average molecular weight is 378 g/mol. The third-order valence-electron chi connectivity index (χ3n) is 4.41. The summed E-state index contributed by atoms with van der Waals surface area (Å²) in [7, 11) is 1.71. The van der Waals surface area contributed by atoms with Crippen LogP contribution in [0.4, 0.5) is 5.69 Å². The average Bonchev–Trinajstić information content (AvgIpc) is 3.20. The van der Waals surface area contributed by atoms with Crippen molar-refractivity contribution in [3.63, 3.8) is 0 Å². The third-order valence-corrected chi connectivity index (χ3v) is 5.19. The molecule has 0 aliphatic rings. The van der Waals surface area contributed by atoms with Crippen LogP contribution in [-0.2, 0) is 18.4 Å². The quantitative estimate of drug-likeness (QED) is 0.592. The number of anilines is 1. The number of carbonyl (C=O) groups is 1. The summed E-state index contributed by atoms with van der Waals surface area (Å²) in [5.41, 5.74) is 3.84. The lowest BCUT2D eigenvalue weighted by Crippen LogP contribution is -2.28. The fourth-order valence-corrected chi connectivity index (χ4v) is 3.73. The van der Waals surface area contributed by atoms with Gasteiger partial charge in [-0.05, 0) is 31.2 Å². The minimum atomic E-state index is -0.250. The van der Waals surface area contributed by atoms with Crippen molar-refractivity contribution in [3.05, 3.63) is 69.4 Å². The molecular weight excluding hydrogens is 360 g/mol. The summed E-state index contributed by atoms with van der Waals surface area (Å²) < 4.78 is 3.03. The molecule has 0 aliphatic heterocycles. The van der Waals surface area contributed by atoms with Crippen LogP contribution in [0.25, 0.3) is 22.3 Å². The first-order chi connectivity index (χ1) is 13.0. The monoisotopic (exact) mass is 378 g/mol. The number of imidazole rings is 1. The maximum atomic E-state index is 12.5. The topological polar surface area (TPSA) is 68.9 Å². The molecule has 4 rings (SSSR count). The number of fused-ring (bicyclic) bond motifs is 1. The number of carbonyl (C=O) groups excluding carboxylic acids is 1. The normalized spacial score (nSPS) is 11.0. The fraction of sp³-hybridized carbons (Fsp3) is 0.150. The van der Waals surface area contributed by atoms with Crippen molar-refractivity contribution in [2.24, 2.45) is 7.05 Å². The number of aromatic nitrogens is 3. The van der Waals surface area contributed by atoms with Crippen LogP contribution in [0.1, 0.15) is 5.01 Å². The number of hydrogen-bond acceptors (Lipinski definition) is 4. The SMILES string of the molecule is Cc1nc(-c2cccc(NC(=O)Cn3c(=O)n(C)c4ccccc43)c2)cs1. The largest absolute Gasteiger partial charge is 0.329 e. The van der Waals surface area contributed by atoms with Gasteiger partial charge in [-0.25, -0.2) is 9.78 Å². The Morgan fingerprint density at radius 3 is 2.67 bits per heavy atom. The van der Waals surface area contributed by atoms with Crippen molar-refractivity contribution in [2.75, 3.05) is 5.32 Å². The van der Waals surface area contributed by atoms with Crippen LogP contribution < -0.4 is 11.0 Å². The molecule has 2 heterocycles. The molecule has 0 radical (unpaired) electrons. The van der Waals surface area contributed by atoms with Crippen molar-refractivity contribution in [3.8, 4) is 11.3 Å². The maximum Gasteiger partial charge on any atom is 0.329 e. The Morgan fingerprint density at radius 1 is 1.15 bits per heavy atom. The standard InChI is InChI=1S/C20H18N4O2S/c1-13-21-16(12-27-13)14-6-5-7-15(10-14)22-19(25)11-24-18-9-4-3-8-17(18)23(2)20(24)26/h3-10,12H,11H2,1-2H3,(H,22,25). The van der Waals surface area contributed by atoms with Gasteiger partial charge in [0.15, 0.2) is 0 Å². The molecule has 2 aromatic carbocycles. The summed E-state index contributed by atoms with van der Waals surface area (Å²) in [5.74, 6) is -0.250. The molecule has 0 saturated heterocycles. The number of hydrogen-bond donors (Lipinski definition) is 1. The van der Waals surface area contributed by atoms with Crippen LogP contribution in [0.3, 0.4) is 0 Å². The molecule has 0 aliphatic carbocycles. The van der Waals surface area contributed by atoms with E-state index in [1.807, 2.05) is 60.8 Å². The van der Waals surface area contributed by atoms with Gasteiger partial charge in [-0.1, -0.05) is 24.3 Å². The first-order valence-corrected chi connectivity index (χ1v) is 9.37. The predicted molar refractivity (Wildman–Crippen MR) is 108 cm³/mol. The molecule has 6 nitrogen and oxygen atoms in total. The highest BCUT2D eigenvalue weighted by molar-refractivity contribution is 7.09. The van der Waals surface area contributed by atoms with Gasteiger partial charge in [0.2, 0.25) is 5.91 Å². The molecular formula is C20H18N4O2S. The summed E-state index contributed by atoms with van der Waals surface area (Å²) in [5, 5.41) is 5.86. The summed E-state index contributed by atoms with van der Waals surface area (Å²) in [6.07, 6.45) is 0. The molecule has 4 aromatic rings. The number of para-hydroxylation sites is 2. The van der Waals surface area contributed by atoms with Crippen LogP contribution >= 0.6 is 11.3 Å². The highest BCUT2D eigenvalue weighted by Crippen LogP contribution is 2.24. The second-order valence-electron chi connectivity index (χ2n) is 6.30. The molecule has 0 unspecified atom stereocenters. The van der Waals surface area contributed by atoms with Gasteiger partial charge in [-0.15, -0.1) is 11.3 Å². The van der Waals surface area contributed by atoms with E-state index in [2.05, 4.69) is 10.3 Å². The summed E-state index contributed by atoms with van der Waals surface area (Å²) in [6.45, 7) is 1.92. The zero-order valence-corrected chi connectivity index (χ0v) is 15.8. The van der Waals surface area contributed by atoms with Gasteiger partial charge in [0.1, 0.15) is 6.54 Å². The van der Waals surface area contributed by atoms with E-state index >= 15 is 0 Å². The molecule has 1 N–H and O–H groups in total. The highest BCUT2D eigenvalue weighted by atomic mass is 32.1. The van der Waals surface area contributed by atoms with Gasteiger partial charge in [0, 0.05) is 23.7 Å². The summed E-state index contributed by atoms with van der Waals surface area (Å²) in [6, 6.07) is 15.0. The van der Waals surface area contributed by atoms with E-state index in [1.165, 1.54) is 4.57 Å². The minimum Gasteiger partial charge on any atom is -0.325 e. The fourth-order valence-electron chi connectivity index (χ4n) is 3.11. The highest BCUT2D eigenvalue weighted by Gasteiger charge is 2.13. The lowest BCUT2D eigenvalue weighted by Gasteiger charge is -2.07. The van der Waals surface area contributed by atoms with Crippen LogP contribution in [-0.4, -0.2) is 20.0 Å². The van der Waals surface area contributed by atoms with E-state index in [1.54, 1.807) is 23.0 Å². The molecule has 7 heteroatoms. The summed E-state index contributed by atoms with van der Waals surface area (Å²) >= 11 is 1.59. The smallest absolute Gasteiger partial charge is 0.325 e. The van der Waals surface area contributed by atoms with E-state index in [4.69, 9.17) is 0 Å². The Kier molecular flexibility index (Phi) is 4.37. The third kappa shape index (κ3) is 3.29. The second kappa shape index (κ2) is 6.85. The van der Waals surface area contributed by atoms with Gasteiger partial charge < -0.3 is 5.32 Å². The van der Waals surface area contributed by atoms with Crippen molar-refractivity contribution in [2.45, 2.75) is 13.5 Å². The van der Waals surface area contributed by atoms with Crippen molar-refractivity contribution in [1.29, 1.82) is 0 Å². The second-order valence-corrected chi connectivity index (χ2v) is 7.36. The molecule has 0 bridgehead atoms. The number of rotatable bonds is 4. The molecule has 2 aromatic heterocycles. The Balaban J connectivity index is 1.57. The van der Waals surface area contributed by atoms with Gasteiger partial charge in [-0.2, -0.15) is 0 Å². The first kappa shape index (κ1) is 17.2. The van der Waals surface area contributed by atoms with E-state index < -0.39 is 0 Å². The lowest BCUT2D eigenvalue weighted by molar-refractivity contribution is -0.116. The molecule has 0 fully saturated rings. The first-order valence-electron chi connectivity index (χ1n) is 8.49. The zero-order valence-electron chi connectivity index (χ0n) is 15.0. The van der Waals surface area contributed by atoms with E-state index in [0.29, 0.717) is 5.69 Å². The zero-order chi connectivity index (χ0) is 19.0. The number of aryl methyl sites for hydroxylation is 2. The van der Waals surface area contributed by atoms with Crippen molar-refractivity contribution in [1.82, 2.24) is 14.1 Å². The number of thiazole rings is 1. The molecule has 27 heavy (non-hydrogen) atoms. The lowest BCUT2D eigenvalue weighted by atomic mass is 10.1. The maximum absolute atomic E-state index is 12.5. The Morgan fingerprint density at radius 2 is 1.93 bits per heavy atom. The van der Waals surface area contributed by atoms with Gasteiger partial charge in [0.25, 0.3) is 0 Å². The molecule has 136 valence electrons. The Labute approximate surface area is 159 Å². The van der Waals surface area contributed by atoms with Gasteiger partial charge in [0.05, 0.1) is 21.7 Å². The van der Waals surface area contributed by atoms with Crippen LogP contribution in [0.15, 0.2) is 58.7 Å². The van der Waals surface area contributed by atoms with Crippen LogP contribution in [0.2, 0.25) is 0 Å². The molecule has 0 saturated carbocycles. The number of benzene rings is 2. The van der Waals surface area contributed by atoms with Crippen LogP contribution in [0.5, 0.6) is 0 Å². The van der Waals surface area contributed by atoms with Crippen molar-refractivity contribution >= 4 is 34.0 Å². The molecule has 0 atom stereocenters. The Bertz CT molecular complexity index is 1200. The Hall–Kier alpha value is -3.19. The van der Waals surface area contributed by atoms with E-state index in [9.17, 15) is 9.59 Å². The summed E-state index contributed by atoms with van der Waals surface area (Å²) in [4.78, 5) is 29.5. The number of nitrogens with one attached hydrogen (secondary N) is 1. The van der Waals surface area contributed by atoms with Crippen molar-refractivity contribution < 1.29 is 4.79 Å². The van der Waals surface area contributed by atoms with E-state index in [0.717, 1.165) is 27.3 Å². The predicted octanol–water partition coefficient (Wildman–Crippen LogP) is 3.41.